The van der Waals surface area contributed by atoms with Crippen molar-refractivity contribution in [2.75, 3.05) is 53.4 Å². The van der Waals surface area contributed by atoms with Crippen molar-refractivity contribution in [1.29, 1.82) is 0 Å². The first kappa shape index (κ1) is 10.4. The summed E-state index contributed by atoms with van der Waals surface area (Å²) in [6.07, 6.45) is 1.41. The third-order valence-corrected chi connectivity index (χ3v) is 3.76. The van der Waals surface area contributed by atoms with E-state index in [-0.39, 0.29) is 0 Å². The summed E-state index contributed by atoms with van der Waals surface area (Å²) in [4.78, 5) is 5.12. The molecule has 0 radical (unpaired) electrons. The maximum atomic E-state index is 3.23. The molecule has 0 aromatic heterocycles. The van der Waals surface area contributed by atoms with E-state index in [0.29, 0.717) is 0 Å². The van der Waals surface area contributed by atoms with Gasteiger partial charge in [0.1, 0.15) is 0 Å². The lowest BCUT2D eigenvalue weighted by atomic mass is 9.89. The van der Waals surface area contributed by atoms with Gasteiger partial charge >= 0.3 is 0 Å². The highest BCUT2D eigenvalue weighted by atomic mass is 15.2. The molecule has 0 aromatic carbocycles. The molecule has 2 heterocycles. The minimum atomic E-state index is 0.950. The smallest absolute Gasteiger partial charge is 0.0107 e. The summed E-state index contributed by atoms with van der Waals surface area (Å²) in [6, 6.07) is 0. The van der Waals surface area contributed by atoms with E-state index in [2.05, 4.69) is 22.2 Å². The summed E-state index contributed by atoms with van der Waals surface area (Å²) in [5.41, 5.74) is 0. The summed E-state index contributed by atoms with van der Waals surface area (Å²) in [6.45, 7) is 7.67. The number of piperidine rings is 1. The maximum Gasteiger partial charge on any atom is 0.0107 e. The second kappa shape index (κ2) is 4.60. The van der Waals surface area contributed by atoms with Crippen molar-refractivity contribution < 1.29 is 0 Å². The Morgan fingerprint density at radius 2 is 2.00 bits per heavy atom. The van der Waals surface area contributed by atoms with Gasteiger partial charge in [-0.25, -0.2) is 0 Å². The second-order valence-electron chi connectivity index (χ2n) is 4.93. The molecule has 0 amide bonds. The van der Waals surface area contributed by atoms with Crippen LogP contribution in [0.5, 0.6) is 0 Å². The summed E-state index contributed by atoms with van der Waals surface area (Å²) in [5.74, 6) is 1.94. The molecular formula is C11H23N3. The summed E-state index contributed by atoms with van der Waals surface area (Å²) < 4.78 is 0. The van der Waals surface area contributed by atoms with Crippen LogP contribution in [0.4, 0.5) is 0 Å². The normalized spacial score (nSPS) is 34.7. The fraction of sp³-hybridized carbons (Fsp3) is 1.00. The van der Waals surface area contributed by atoms with E-state index in [1.54, 1.807) is 0 Å². The molecule has 14 heavy (non-hydrogen) atoms. The zero-order valence-corrected chi connectivity index (χ0v) is 9.50. The van der Waals surface area contributed by atoms with Crippen LogP contribution in [0.1, 0.15) is 6.42 Å². The summed E-state index contributed by atoms with van der Waals surface area (Å²) in [7, 11) is 4.30. The van der Waals surface area contributed by atoms with Crippen LogP contribution in [0.25, 0.3) is 0 Å². The quantitative estimate of drug-likeness (QED) is 0.692. The number of fused-ring (bicyclic) bond motifs is 1. The molecule has 2 fully saturated rings. The molecule has 3 heteroatoms. The molecule has 0 bridgehead atoms. The highest BCUT2D eigenvalue weighted by Crippen LogP contribution is 2.29. The van der Waals surface area contributed by atoms with E-state index in [9.17, 15) is 0 Å². The molecule has 2 atom stereocenters. The topological polar surface area (TPSA) is 18.5 Å². The van der Waals surface area contributed by atoms with E-state index in [0.717, 1.165) is 18.4 Å². The Morgan fingerprint density at radius 3 is 2.79 bits per heavy atom. The van der Waals surface area contributed by atoms with Crippen molar-refractivity contribution in [1.82, 2.24) is 15.1 Å². The van der Waals surface area contributed by atoms with Crippen LogP contribution in [0, 0.1) is 11.8 Å². The Morgan fingerprint density at radius 1 is 1.21 bits per heavy atom. The van der Waals surface area contributed by atoms with Gasteiger partial charge in [0, 0.05) is 32.7 Å². The highest BCUT2D eigenvalue weighted by Gasteiger charge is 2.35. The van der Waals surface area contributed by atoms with Gasteiger partial charge in [-0.1, -0.05) is 0 Å². The summed E-state index contributed by atoms with van der Waals surface area (Å²) >= 11 is 0. The lowest BCUT2D eigenvalue weighted by Gasteiger charge is -2.31. The van der Waals surface area contributed by atoms with Crippen molar-refractivity contribution in [3.05, 3.63) is 0 Å². The van der Waals surface area contributed by atoms with Crippen molar-refractivity contribution >= 4 is 0 Å². The van der Waals surface area contributed by atoms with Gasteiger partial charge in [-0.15, -0.1) is 0 Å². The fourth-order valence-electron chi connectivity index (χ4n) is 2.90. The first-order chi connectivity index (χ1) is 6.79. The molecule has 3 nitrogen and oxygen atoms in total. The Bertz CT molecular complexity index is 183. The van der Waals surface area contributed by atoms with Gasteiger partial charge in [-0.2, -0.15) is 0 Å². The van der Waals surface area contributed by atoms with Crippen molar-refractivity contribution in [2.24, 2.45) is 11.8 Å². The van der Waals surface area contributed by atoms with E-state index in [4.69, 9.17) is 0 Å². The molecule has 2 rings (SSSR count). The molecule has 2 unspecified atom stereocenters. The number of hydrogen-bond donors (Lipinski definition) is 1. The second-order valence-corrected chi connectivity index (χ2v) is 4.93. The van der Waals surface area contributed by atoms with Gasteiger partial charge in [-0.05, 0) is 38.9 Å². The molecule has 0 saturated carbocycles. The Balaban J connectivity index is 1.80. The van der Waals surface area contributed by atoms with Crippen LogP contribution in [0.3, 0.4) is 0 Å². The number of likely N-dealkylation sites (N-methyl/N-ethyl adjacent to an activating group) is 1. The summed E-state index contributed by atoms with van der Waals surface area (Å²) in [5, 5.41) is 3.23. The van der Waals surface area contributed by atoms with Crippen molar-refractivity contribution in [3.8, 4) is 0 Å². The van der Waals surface area contributed by atoms with Gasteiger partial charge in [0.05, 0.1) is 0 Å². The van der Waals surface area contributed by atoms with Crippen molar-refractivity contribution in [2.45, 2.75) is 6.42 Å². The first-order valence-corrected chi connectivity index (χ1v) is 5.85. The molecule has 0 aromatic rings. The van der Waals surface area contributed by atoms with E-state index < -0.39 is 0 Å². The Hall–Kier alpha value is -0.120. The number of likely N-dealkylation sites (tertiary alicyclic amines) is 2. The maximum absolute atomic E-state index is 3.23. The molecule has 2 saturated heterocycles. The lowest BCUT2D eigenvalue weighted by molar-refractivity contribution is 0.178. The molecule has 0 spiro atoms. The van der Waals surface area contributed by atoms with Gasteiger partial charge < -0.3 is 15.1 Å². The van der Waals surface area contributed by atoms with E-state index in [1.807, 2.05) is 7.05 Å². The number of hydrogen-bond acceptors (Lipinski definition) is 3. The third-order valence-electron chi connectivity index (χ3n) is 3.76. The first-order valence-electron chi connectivity index (χ1n) is 5.85. The molecule has 2 aliphatic heterocycles. The predicted molar refractivity (Wildman–Crippen MR) is 59.5 cm³/mol. The van der Waals surface area contributed by atoms with Gasteiger partial charge in [0.2, 0.25) is 0 Å². The SMILES string of the molecule is CNCCN1CC2CCN(C)CC2C1. The Labute approximate surface area is 87.4 Å². The van der Waals surface area contributed by atoms with Crippen LogP contribution < -0.4 is 5.32 Å². The monoisotopic (exact) mass is 197 g/mol. The highest BCUT2D eigenvalue weighted by molar-refractivity contribution is 4.89. The minimum Gasteiger partial charge on any atom is -0.318 e. The number of rotatable bonds is 3. The average Bonchev–Trinajstić information content (AvgIpc) is 2.56. The van der Waals surface area contributed by atoms with Crippen LogP contribution in [-0.4, -0.2) is 63.2 Å². The molecular weight excluding hydrogens is 174 g/mol. The molecule has 2 aliphatic rings. The molecule has 0 aliphatic carbocycles. The zero-order chi connectivity index (χ0) is 9.97. The number of nitrogens with zero attached hydrogens (tertiary/aromatic N) is 2. The van der Waals surface area contributed by atoms with Crippen LogP contribution in [0.15, 0.2) is 0 Å². The van der Waals surface area contributed by atoms with Crippen LogP contribution >= 0.6 is 0 Å². The third kappa shape index (κ3) is 2.27. The Kier molecular flexibility index (Phi) is 3.42. The lowest BCUT2D eigenvalue weighted by Crippen LogP contribution is -2.37. The van der Waals surface area contributed by atoms with E-state index in [1.165, 1.54) is 39.1 Å². The fourth-order valence-corrected chi connectivity index (χ4v) is 2.90. The van der Waals surface area contributed by atoms with Crippen LogP contribution in [-0.2, 0) is 0 Å². The average molecular weight is 197 g/mol. The van der Waals surface area contributed by atoms with Crippen molar-refractivity contribution in [3.63, 3.8) is 0 Å². The van der Waals surface area contributed by atoms with Gasteiger partial charge in [0.25, 0.3) is 0 Å². The van der Waals surface area contributed by atoms with E-state index >= 15 is 0 Å². The largest absolute Gasteiger partial charge is 0.318 e. The van der Waals surface area contributed by atoms with Crippen LogP contribution in [0.2, 0.25) is 0 Å². The molecule has 82 valence electrons. The predicted octanol–water partition coefficient (Wildman–Crippen LogP) is 0.0893. The minimum absolute atomic E-state index is 0.950. The van der Waals surface area contributed by atoms with Gasteiger partial charge in [-0.3, -0.25) is 0 Å². The zero-order valence-electron chi connectivity index (χ0n) is 9.50. The molecule has 1 N–H and O–H groups in total. The standard InChI is InChI=1S/C11H23N3/c1-12-4-6-14-8-10-3-5-13(2)7-11(10)9-14/h10-12H,3-9H2,1-2H3. The number of nitrogens with one attached hydrogen (secondary N) is 1. The van der Waals surface area contributed by atoms with Gasteiger partial charge in [0.15, 0.2) is 0 Å².